The van der Waals surface area contributed by atoms with Crippen molar-refractivity contribution in [2.75, 3.05) is 5.43 Å². The number of aromatic nitrogens is 2. The Morgan fingerprint density at radius 3 is 3.07 bits per heavy atom. The van der Waals surface area contributed by atoms with Crippen LogP contribution in [0.25, 0.3) is 0 Å². The summed E-state index contributed by atoms with van der Waals surface area (Å²) in [4.78, 5) is 8.25. The lowest BCUT2D eigenvalue weighted by Crippen LogP contribution is -2.08. The smallest absolute Gasteiger partial charge is 0.159 e. The monoisotopic (exact) mass is 224 g/mol. The van der Waals surface area contributed by atoms with Crippen LogP contribution in [0, 0.1) is 0 Å². The number of nitrogen functional groups attached to an aromatic ring is 1. The van der Waals surface area contributed by atoms with Gasteiger partial charge < -0.3 is 5.43 Å². The second-order valence-corrected chi connectivity index (χ2v) is 4.69. The van der Waals surface area contributed by atoms with Gasteiger partial charge in [-0.05, 0) is 11.4 Å². The minimum atomic E-state index is 0.576. The summed E-state index contributed by atoms with van der Waals surface area (Å²) in [5.74, 6) is 5.81. The van der Waals surface area contributed by atoms with E-state index in [1.807, 2.05) is 17.5 Å². The van der Waals surface area contributed by atoms with E-state index in [0.717, 1.165) is 5.03 Å². The fraction of sp³-hybridized carbons (Fsp3) is 0. The van der Waals surface area contributed by atoms with Crippen LogP contribution < -0.4 is 11.3 Å². The van der Waals surface area contributed by atoms with Crippen LogP contribution in [0.4, 0.5) is 5.82 Å². The number of nitrogens with zero attached hydrogens (tertiary/aromatic N) is 2. The van der Waals surface area contributed by atoms with Gasteiger partial charge in [0.2, 0.25) is 0 Å². The third-order valence-corrected chi connectivity index (χ3v) is 3.40. The van der Waals surface area contributed by atoms with Crippen molar-refractivity contribution >= 4 is 28.9 Å². The predicted molar refractivity (Wildman–Crippen MR) is 58.3 cm³/mol. The average molecular weight is 224 g/mol. The molecule has 3 N–H and O–H groups in total. The fourth-order valence-electron chi connectivity index (χ4n) is 0.891. The van der Waals surface area contributed by atoms with Gasteiger partial charge >= 0.3 is 0 Å². The first-order chi connectivity index (χ1) is 6.88. The Labute approximate surface area is 89.6 Å². The molecule has 0 aliphatic rings. The predicted octanol–water partition coefficient (Wildman–Crippen LogP) is 1.97. The van der Waals surface area contributed by atoms with Gasteiger partial charge in [0.1, 0.15) is 5.03 Å². The highest BCUT2D eigenvalue weighted by atomic mass is 32.2. The zero-order valence-electron chi connectivity index (χ0n) is 7.18. The Balaban J connectivity index is 2.17. The molecule has 0 atom stereocenters. The largest absolute Gasteiger partial charge is 0.307 e. The van der Waals surface area contributed by atoms with Crippen LogP contribution in [-0.4, -0.2) is 9.97 Å². The summed E-state index contributed by atoms with van der Waals surface area (Å²) in [6, 6.07) is 4.05. The summed E-state index contributed by atoms with van der Waals surface area (Å²) in [7, 11) is 0. The molecule has 0 spiro atoms. The summed E-state index contributed by atoms with van der Waals surface area (Å²) in [5, 5.41) is 2.86. The van der Waals surface area contributed by atoms with Crippen LogP contribution in [0.2, 0.25) is 0 Å². The normalized spacial score (nSPS) is 10.1. The van der Waals surface area contributed by atoms with E-state index in [4.69, 9.17) is 5.84 Å². The molecule has 2 rings (SSSR count). The van der Waals surface area contributed by atoms with Crippen molar-refractivity contribution in [3.63, 3.8) is 0 Å². The number of hydrogen-bond acceptors (Lipinski definition) is 6. The van der Waals surface area contributed by atoms with Crippen molar-refractivity contribution in [2.24, 2.45) is 5.84 Å². The molecule has 0 radical (unpaired) electrons. The number of hydrogen-bond donors (Lipinski definition) is 2. The van der Waals surface area contributed by atoms with E-state index in [9.17, 15) is 0 Å². The summed E-state index contributed by atoms with van der Waals surface area (Å²) in [6.07, 6.45) is 3.30. The maximum Gasteiger partial charge on any atom is 0.159 e. The van der Waals surface area contributed by atoms with Crippen LogP contribution in [0.15, 0.2) is 39.1 Å². The SMILES string of the molecule is NNc1cncc(Sc2cccs2)n1. The zero-order chi connectivity index (χ0) is 9.80. The van der Waals surface area contributed by atoms with Crippen LogP contribution in [-0.2, 0) is 0 Å². The van der Waals surface area contributed by atoms with Crippen LogP contribution in [0.3, 0.4) is 0 Å². The first-order valence-electron chi connectivity index (χ1n) is 3.88. The molecule has 6 heteroatoms. The minimum Gasteiger partial charge on any atom is -0.307 e. The van der Waals surface area contributed by atoms with E-state index in [2.05, 4.69) is 15.4 Å². The molecular formula is C8H8N4S2. The van der Waals surface area contributed by atoms with Crippen molar-refractivity contribution in [3.8, 4) is 0 Å². The van der Waals surface area contributed by atoms with Gasteiger partial charge in [0.25, 0.3) is 0 Å². The van der Waals surface area contributed by atoms with Crippen molar-refractivity contribution in [2.45, 2.75) is 9.24 Å². The molecule has 0 aliphatic heterocycles. The summed E-state index contributed by atoms with van der Waals surface area (Å²) in [5.41, 5.74) is 2.46. The van der Waals surface area contributed by atoms with Crippen molar-refractivity contribution in [3.05, 3.63) is 29.9 Å². The Bertz CT molecular complexity index is 401. The first kappa shape index (κ1) is 9.45. The maximum absolute atomic E-state index is 5.23. The molecule has 0 aromatic carbocycles. The van der Waals surface area contributed by atoms with Gasteiger partial charge in [0.05, 0.1) is 16.6 Å². The van der Waals surface area contributed by atoms with Gasteiger partial charge in [-0.2, -0.15) is 0 Å². The van der Waals surface area contributed by atoms with Gasteiger partial charge in [-0.3, -0.25) is 4.98 Å². The second-order valence-electron chi connectivity index (χ2n) is 2.42. The van der Waals surface area contributed by atoms with Crippen LogP contribution >= 0.6 is 23.1 Å². The Morgan fingerprint density at radius 1 is 1.43 bits per heavy atom. The fourth-order valence-corrected chi connectivity index (χ4v) is 2.57. The third kappa shape index (κ3) is 2.22. The molecule has 0 unspecified atom stereocenters. The third-order valence-electron chi connectivity index (χ3n) is 1.46. The van der Waals surface area contributed by atoms with Gasteiger partial charge in [-0.1, -0.05) is 17.8 Å². The van der Waals surface area contributed by atoms with Crippen LogP contribution in [0.1, 0.15) is 0 Å². The molecule has 2 heterocycles. The second kappa shape index (κ2) is 4.41. The number of nitrogens with two attached hydrogens (primary N) is 1. The minimum absolute atomic E-state index is 0.576. The highest BCUT2D eigenvalue weighted by Crippen LogP contribution is 2.29. The Morgan fingerprint density at radius 2 is 2.36 bits per heavy atom. The van der Waals surface area contributed by atoms with E-state index in [1.54, 1.807) is 35.5 Å². The summed E-state index contributed by atoms with van der Waals surface area (Å²) < 4.78 is 1.19. The maximum atomic E-state index is 5.23. The lowest BCUT2D eigenvalue weighted by atomic mass is 10.7. The van der Waals surface area contributed by atoms with Crippen molar-refractivity contribution in [1.29, 1.82) is 0 Å². The standard InChI is InChI=1S/C8H8N4S2/c9-12-6-4-10-5-7(11-6)14-8-2-1-3-13-8/h1-5H,9H2,(H,11,12). The molecule has 14 heavy (non-hydrogen) atoms. The van der Waals surface area contributed by atoms with Gasteiger partial charge in [-0.25, -0.2) is 10.8 Å². The molecule has 0 aliphatic carbocycles. The highest BCUT2D eigenvalue weighted by Gasteiger charge is 2.00. The lowest BCUT2D eigenvalue weighted by Gasteiger charge is -2.00. The molecule has 0 fully saturated rings. The first-order valence-corrected chi connectivity index (χ1v) is 5.58. The van der Waals surface area contributed by atoms with Crippen molar-refractivity contribution < 1.29 is 0 Å². The van der Waals surface area contributed by atoms with Gasteiger partial charge in [0, 0.05) is 0 Å². The molecule has 4 nitrogen and oxygen atoms in total. The van der Waals surface area contributed by atoms with E-state index >= 15 is 0 Å². The molecule has 72 valence electrons. The molecular weight excluding hydrogens is 216 g/mol. The van der Waals surface area contributed by atoms with Gasteiger partial charge in [-0.15, -0.1) is 11.3 Å². The van der Waals surface area contributed by atoms with E-state index in [1.165, 1.54) is 4.21 Å². The molecule has 0 bridgehead atoms. The molecule has 2 aromatic heterocycles. The van der Waals surface area contributed by atoms with Gasteiger partial charge in [0.15, 0.2) is 5.82 Å². The Kier molecular flexibility index (Phi) is 2.97. The summed E-state index contributed by atoms with van der Waals surface area (Å²) >= 11 is 3.25. The number of hydrazine groups is 1. The number of thiophene rings is 1. The quantitative estimate of drug-likeness (QED) is 0.616. The van der Waals surface area contributed by atoms with Crippen molar-refractivity contribution in [1.82, 2.24) is 9.97 Å². The topological polar surface area (TPSA) is 63.8 Å². The molecule has 0 saturated heterocycles. The highest BCUT2D eigenvalue weighted by molar-refractivity contribution is 8.01. The number of anilines is 1. The zero-order valence-corrected chi connectivity index (χ0v) is 8.81. The molecule has 0 amide bonds. The van der Waals surface area contributed by atoms with E-state index in [-0.39, 0.29) is 0 Å². The lowest BCUT2D eigenvalue weighted by molar-refractivity contribution is 1.04. The molecule has 2 aromatic rings. The number of rotatable bonds is 3. The van der Waals surface area contributed by atoms with E-state index < -0.39 is 0 Å². The molecule has 0 saturated carbocycles. The summed E-state index contributed by atoms with van der Waals surface area (Å²) in [6.45, 7) is 0. The van der Waals surface area contributed by atoms with Crippen LogP contribution in [0.5, 0.6) is 0 Å². The Hall–Kier alpha value is -1.11. The average Bonchev–Trinajstić information content (AvgIpc) is 2.71. The van der Waals surface area contributed by atoms with E-state index in [0.29, 0.717) is 5.82 Å². The number of nitrogens with one attached hydrogen (secondary N) is 1.